The van der Waals surface area contributed by atoms with Crippen LogP contribution in [0.2, 0.25) is 0 Å². The lowest BCUT2D eigenvalue weighted by atomic mass is 9.88. The van der Waals surface area contributed by atoms with Gasteiger partial charge >= 0.3 is 0 Å². The average Bonchev–Trinajstić information content (AvgIpc) is 3.24. The van der Waals surface area contributed by atoms with E-state index < -0.39 is 23.8 Å². The molecule has 8 nitrogen and oxygen atoms in total. The molecule has 2 bridgehead atoms. The number of rotatable bonds is 4. The highest BCUT2D eigenvalue weighted by molar-refractivity contribution is 6.23. The van der Waals surface area contributed by atoms with Crippen molar-refractivity contribution in [1.29, 1.82) is 0 Å². The smallest absolute Gasteiger partial charge is 0.262 e. The number of fused-ring (bicyclic) bond motifs is 3. The summed E-state index contributed by atoms with van der Waals surface area (Å²) in [5.41, 5.74) is 1.60. The van der Waals surface area contributed by atoms with Gasteiger partial charge in [0.05, 0.1) is 11.1 Å². The van der Waals surface area contributed by atoms with Gasteiger partial charge in [0.25, 0.3) is 11.8 Å². The van der Waals surface area contributed by atoms with Gasteiger partial charge in [-0.25, -0.2) is 0 Å². The maximum Gasteiger partial charge on any atom is 0.262 e. The van der Waals surface area contributed by atoms with Crippen LogP contribution in [0.15, 0.2) is 18.2 Å². The molecule has 4 aliphatic heterocycles. The summed E-state index contributed by atoms with van der Waals surface area (Å²) in [5.74, 6) is -1.34. The Bertz CT molecular complexity index is 945. The van der Waals surface area contributed by atoms with E-state index >= 15 is 0 Å². The zero-order chi connectivity index (χ0) is 21.0. The number of piperidine rings is 2. The minimum atomic E-state index is -0.928. The topological polar surface area (TPSA) is 108 Å². The van der Waals surface area contributed by atoms with Crippen LogP contribution >= 0.6 is 0 Å². The molecule has 3 N–H and O–H groups in total. The number of imide groups is 2. The maximum absolute atomic E-state index is 12.9. The van der Waals surface area contributed by atoms with E-state index in [1.54, 1.807) is 12.1 Å². The molecule has 4 heterocycles. The number of hydrogen-bond donors (Lipinski definition) is 3. The van der Waals surface area contributed by atoms with Crippen molar-refractivity contribution in [2.75, 3.05) is 0 Å². The van der Waals surface area contributed by atoms with Gasteiger partial charge in [-0.05, 0) is 49.3 Å². The first-order chi connectivity index (χ1) is 14.4. The minimum absolute atomic E-state index is 0.120. The normalized spacial score (nSPS) is 33.1. The average molecular weight is 410 g/mol. The molecule has 5 atom stereocenters. The van der Waals surface area contributed by atoms with Crippen LogP contribution in [0.5, 0.6) is 0 Å². The van der Waals surface area contributed by atoms with Gasteiger partial charge in [0.2, 0.25) is 11.8 Å². The predicted octanol–water partition coefficient (Wildman–Crippen LogP) is 0.706. The Balaban J connectivity index is 1.30. The molecule has 3 fully saturated rings. The SMILES string of the molecule is CC1C(NCc2ccc3c(c2)C(=O)N(C2CCC(=O)NC2=O)C3=O)CC2CCC1N2. The number of nitrogens with zero attached hydrogens (tertiary/aromatic N) is 1. The summed E-state index contributed by atoms with van der Waals surface area (Å²) in [7, 11) is 0. The Labute approximate surface area is 174 Å². The van der Waals surface area contributed by atoms with Crippen LogP contribution in [0.1, 0.15) is 65.3 Å². The van der Waals surface area contributed by atoms with Crippen molar-refractivity contribution in [2.45, 2.75) is 69.7 Å². The van der Waals surface area contributed by atoms with Crippen LogP contribution in [0.3, 0.4) is 0 Å². The van der Waals surface area contributed by atoms with E-state index in [-0.39, 0.29) is 18.7 Å². The number of hydrogen-bond acceptors (Lipinski definition) is 6. The van der Waals surface area contributed by atoms with E-state index in [1.807, 2.05) is 6.07 Å². The quantitative estimate of drug-likeness (QED) is 0.631. The fraction of sp³-hybridized carbons (Fsp3) is 0.545. The first-order valence-corrected chi connectivity index (χ1v) is 10.8. The molecule has 30 heavy (non-hydrogen) atoms. The molecule has 5 rings (SSSR count). The summed E-state index contributed by atoms with van der Waals surface area (Å²) < 4.78 is 0. The summed E-state index contributed by atoms with van der Waals surface area (Å²) in [4.78, 5) is 50.3. The highest BCUT2D eigenvalue weighted by atomic mass is 16.2. The van der Waals surface area contributed by atoms with Crippen LogP contribution in [0, 0.1) is 5.92 Å². The zero-order valence-electron chi connectivity index (χ0n) is 16.9. The third-order valence-corrected chi connectivity index (χ3v) is 7.16. The summed E-state index contributed by atoms with van der Waals surface area (Å²) in [6, 6.07) is 5.96. The van der Waals surface area contributed by atoms with Crippen molar-refractivity contribution in [1.82, 2.24) is 20.9 Å². The molecule has 0 spiro atoms. The number of benzene rings is 1. The van der Waals surface area contributed by atoms with Gasteiger partial charge in [0.15, 0.2) is 0 Å². The van der Waals surface area contributed by atoms with Crippen molar-refractivity contribution in [3.63, 3.8) is 0 Å². The zero-order valence-corrected chi connectivity index (χ0v) is 16.9. The van der Waals surface area contributed by atoms with Gasteiger partial charge in [-0.15, -0.1) is 0 Å². The van der Waals surface area contributed by atoms with Gasteiger partial charge < -0.3 is 10.6 Å². The summed E-state index contributed by atoms with van der Waals surface area (Å²) in [5, 5.41) is 9.53. The third kappa shape index (κ3) is 3.15. The van der Waals surface area contributed by atoms with Gasteiger partial charge in [-0.2, -0.15) is 0 Å². The van der Waals surface area contributed by atoms with E-state index in [0.29, 0.717) is 41.7 Å². The lowest BCUT2D eigenvalue weighted by Crippen LogP contribution is -2.54. The first kappa shape index (κ1) is 19.4. The van der Waals surface area contributed by atoms with E-state index in [2.05, 4.69) is 22.9 Å². The molecule has 4 aliphatic rings. The summed E-state index contributed by atoms with van der Waals surface area (Å²) in [6.07, 6.45) is 3.85. The Morgan fingerprint density at radius 2 is 1.87 bits per heavy atom. The molecule has 1 aromatic carbocycles. The number of carbonyl (C=O) groups excluding carboxylic acids is 4. The molecule has 8 heteroatoms. The Morgan fingerprint density at radius 1 is 1.07 bits per heavy atom. The van der Waals surface area contributed by atoms with Crippen molar-refractivity contribution in [3.05, 3.63) is 34.9 Å². The van der Waals surface area contributed by atoms with E-state index in [1.165, 1.54) is 12.8 Å². The van der Waals surface area contributed by atoms with Crippen molar-refractivity contribution in [3.8, 4) is 0 Å². The lowest BCUT2D eigenvalue weighted by molar-refractivity contribution is -0.136. The molecule has 0 radical (unpaired) electrons. The van der Waals surface area contributed by atoms with E-state index in [4.69, 9.17) is 0 Å². The van der Waals surface area contributed by atoms with Crippen molar-refractivity contribution < 1.29 is 19.2 Å². The molecule has 0 aromatic heterocycles. The Kier molecular flexibility index (Phi) is 4.71. The van der Waals surface area contributed by atoms with Crippen molar-refractivity contribution in [2.24, 2.45) is 5.92 Å². The highest BCUT2D eigenvalue weighted by Crippen LogP contribution is 2.32. The molecule has 0 saturated carbocycles. The minimum Gasteiger partial charge on any atom is -0.311 e. The van der Waals surface area contributed by atoms with Crippen LogP contribution < -0.4 is 16.0 Å². The number of carbonyl (C=O) groups is 4. The van der Waals surface area contributed by atoms with E-state index in [9.17, 15) is 19.2 Å². The molecule has 3 saturated heterocycles. The number of amides is 4. The summed E-state index contributed by atoms with van der Waals surface area (Å²) >= 11 is 0. The molecule has 1 aromatic rings. The number of nitrogens with one attached hydrogen (secondary N) is 3. The summed E-state index contributed by atoms with van der Waals surface area (Å²) in [6.45, 7) is 2.90. The van der Waals surface area contributed by atoms with Crippen molar-refractivity contribution >= 4 is 23.6 Å². The Morgan fingerprint density at radius 3 is 2.67 bits per heavy atom. The molecule has 0 aliphatic carbocycles. The largest absolute Gasteiger partial charge is 0.311 e. The maximum atomic E-state index is 12.9. The van der Waals surface area contributed by atoms with Crippen LogP contribution in [0.4, 0.5) is 0 Å². The van der Waals surface area contributed by atoms with Gasteiger partial charge in [0, 0.05) is 31.1 Å². The fourth-order valence-corrected chi connectivity index (χ4v) is 5.40. The van der Waals surface area contributed by atoms with E-state index in [0.717, 1.165) is 16.9 Å². The Hall–Kier alpha value is -2.58. The second kappa shape index (κ2) is 7.28. The lowest BCUT2D eigenvalue weighted by Gasteiger charge is -2.36. The monoisotopic (exact) mass is 410 g/mol. The molecule has 4 amide bonds. The van der Waals surface area contributed by atoms with Gasteiger partial charge in [0.1, 0.15) is 6.04 Å². The van der Waals surface area contributed by atoms with Crippen LogP contribution in [-0.4, -0.2) is 52.7 Å². The third-order valence-electron chi connectivity index (χ3n) is 7.16. The molecule has 158 valence electrons. The fourth-order valence-electron chi connectivity index (χ4n) is 5.40. The highest BCUT2D eigenvalue weighted by Gasteiger charge is 2.44. The standard InChI is InChI=1S/C22H26N4O4/c1-11-16-5-3-13(24-16)9-17(11)23-10-12-2-4-14-15(8-12)22(30)26(21(14)29)18-6-7-19(27)25-20(18)28/h2,4,8,11,13,16-18,23-24H,3,5-7,9-10H2,1H3,(H,25,27,28). The van der Waals surface area contributed by atoms with Crippen LogP contribution in [-0.2, 0) is 16.1 Å². The molecular weight excluding hydrogens is 384 g/mol. The predicted molar refractivity (Wildman–Crippen MR) is 107 cm³/mol. The molecule has 5 unspecified atom stereocenters. The second-order valence-corrected chi connectivity index (χ2v) is 8.96. The first-order valence-electron chi connectivity index (χ1n) is 10.8. The molecular formula is C22H26N4O4. The van der Waals surface area contributed by atoms with Crippen LogP contribution in [0.25, 0.3) is 0 Å². The van der Waals surface area contributed by atoms with Gasteiger partial charge in [-0.1, -0.05) is 13.0 Å². The van der Waals surface area contributed by atoms with Gasteiger partial charge in [-0.3, -0.25) is 29.4 Å². The second-order valence-electron chi connectivity index (χ2n) is 8.96.